The minimum Gasteiger partial charge on any atom is -0.478 e. The molecule has 0 spiro atoms. The van der Waals surface area contributed by atoms with Crippen molar-refractivity contribution in [2.45, 2.75) is 20.8 Å². The number of ether oxygens (including phenoxy) is 2. The smallest absolute Gasteiger partial charge is 0.343 e. The monoisotopic (exact) mass is 307 g/mol. The largest absolute Gasteiger partial charge is 0.478 e. The first-order valence-electron chi connectivity index (χ1n) is 6.65. The highest BCUT2D eigenvalue weighted by Crippen LogP contribution is 2.28. The molecule has 2 aromatic heterocycles. The third-order valence-electron chi connectivity index (χ3n) is 2.63. The summed E-state index contributed by atoms with van der Waals surface area (Å²) >= 11 is 1.22. The maximum absolute atomic E-state index is 11.9. The van der Waals surface area contributed by atoms with Crippen molar-refractivity contribution in [3.05, 3.63) is 29.6 Å². The van der Waals surface area contributed by atoms with Gasteiger partial charge in [0.15, 0.2) is 0 Å². The first kappa shape index (κ1) is 15.2. The van der Waals surface area contributed by atoms with Gasteiger partial charge in [-0.2, -0.15) is 4.37 Å². The second-order valence-electron chi connectivity index (χ2n) is 4.14. The number of anilines is 2. The predicted molar refractivity (Wildman–Crippen MR) is 81.5 cm³/mol. The van der Waals surface area contributed by atoms with Gasteiger partial charge in [-0.1, -0.05) is 0 Å². The Hall–Kier alpha value is -2.15. The summed E-state index contributed by atoms with van der Waals surface area (Å²) in [4.78, 5) is 16.1. The average molecular weight is 307 g/mol. The maximum atomic E-state index is 11.9. The number of pyridine rings is 1. The maximum Gasteiger partial charge on any atom is 0.343 e. The van der Waals surface area contributed by atoms with E-state index in [2.05, 4.69) is 14.7 Å². The first-order chi connectivity index (χ1) is 10.2. The van der Waals surface area contributed by atoms with Gasteiger partial charge in [-0.25, -0.2) is 9.78 Å². The Balaban J connectivity index is 2.17. The van der Waals surface area contributed by atoms with Crippen molar-refractivity contribution in [2.75, 3.05) is 18.5 Å². The van der Waals surface area contributed by atoms with E-state index in [0.29, 0.717) is 35.4 Å². The van der Waals surface area contributed by atoms with E-state index < -0.39 is 0 Å². The SMILES string of the molecule is CCOC(=O)c1c(C)nsc1Nc1ccc(OCC)nc1. The van der Waals surface area contributed by atoms with Gasteiger partial charge in [-0.05, 0) is 38.4 Å². The van der Waals surface area contributed by atoms with Gasteiger partial charge in [0.05, 0.1) is 30.8 Å². The molecule has 0 saturated heterocycles. The standard InChI is InChI=1S/C14H17N3O3S/c1-4-19-11-7-6-10(8-15-11)16-13-12(9(3)17-21-13)14(18)20-5-2/h6-8,16H,4-5H2,1-3H3. The fourth-order valence-electron chi connectivity index (χ4n) is 1.72. The van der Waals surface area contributed by atoms with Crippen molar-refractivity contribution < 1.29 is 14.3 Å². The Bertz CT molecular complexity index is 610. The van der Waals surface area contributed by atoms with E-state index in [1.807, 2.05) is 13.0 Å². The van der Waals surface area contributed by atoms with Gasteiger partial charge < -0.3 is 14.8 Å². The number of carbonyl (C=O) groups is 1. The molecular weight excluding hydrogens is 290 g/mol. The fourth-order valence-corrected chi connectivity index (χ4v) is 2.52. The van der Waals surface area contributed by atoms with E-state index in [-0.39, 0.29) is 5.97 Å². The van der Waals surface area contributed by atoms with Gasteiger partial charge in [0.25, 0.3) is 0 Å². The number of rotatable bonds is 6. The molecule has 0 bridgehead atoms. The van der Waals surface area contributed by atoms with Crippen molar-refractivity contribution in [3.8, 4) is 5.88 Å². The van der Waals surface area contributed by atoms with Crippen molar-refractivity contribution >= 4 is 28.2 Å². The summed E-state index contributed by atoms with van der Waals surface area (Å²) in [7, 11) is 0. The lowest BCUT2D eigenvalue weighted by Crippen LogP contribution is -2.07. The first-order valence-corrected chi connectivity index (χ1v) is 7.42. The molecule has 0 radical (unpaired) electrons. The van der Waals surface area contributed by atoms with Gasteiger partial charge >= 0.3 is 5.97 Å². The second-order valence-corrected chi connectivity index (χ2v) is 4.91. The molecule has 0 aromatic carbocycles. The summed E-state index contributed by atoms with van der Waals surface area (Å²) in [5, 5.41) is 3.79. The zero-order chi connectivity index (χ0) is 15.2. The summed E-state index contributed by atoms with van der Waals surface area (Å²) in [6.45, 7) is 6.36. The zero-order valence-corrected chi connectivity index (χ0v) is 13.0. The Morgan fingerprint density at radius 2 is 2.14 bits per heavy atom. The summed E-state index contributed by atoms with van der Waals surface area (Å²) < 4.78 is 14.5. The van der Waals surface area contributed by atoms with E-state index in [0.717, 1.165) is 5.69 Å². The van der Waals surface area contributed by atoms with E-state index in [1.54, 1.807) is 26.1 Å². The van der Waals surface area contributed by atoms with Gasteiger partial charge in [-0.3, -0.25) is 0 Å². The van der Waals surface area contributed by atoms with Crippen LogP contribution in [0.2, 0.25) is 0 Å². The van der Waals surface area contributed by atoms with Gasteiger partial charge in [0, 0.05) is 6.07 Å². The van der Waals surface area contributed by atoms with Crippen LogP contribution in [0, 0.1) is 6.92 Å². The summed E-state index contributed by atoms with van der Waals surface area (Å²) in [5.74, 6) is 0.194. The molecule has 2 rings (SSSR count). The molecule has 0 saturated carbocycles. The van der Waals surface area contributed by atoms with E-state index in [4.69, 9.17) is 9.47 Å². The van der Waals surface area contributed by atoms with Crippen LogP contribution in [0.15, 0.2) is 18.3 Å². The molecule has 2 aromatic rings. The molecule has 0 aliphatic heterocycles. The highest BCUT2D eigenvalue weighted by molar-refractivity contribution is 7.10. The number of esters is 1. The number of aryl methyl sites for hydroxylation is 1. The molecule has 112 valence electrons. The molecule has 0 atom stereocenters. The number of hydrogen-bond acceptors (Lipinski definition) is 7. The minimum absolute atomic E-state index is 0.332. The van der Waals surface area contributed by atoms with Crippen molar-refractivity contribution in [1.82, 2.24) is 9.36 Å². The number of aromatic nitrogens is 2. The Kier molecular flexibility index (Phi) is 5.10. The summed E-state index contributed by atoms with van der Waals surface area (Å²) in [6.07, 6.45) is 1.65. The average Bonchev–Trinajstić information content (AvgIpc) is 2.82. The third kappa shape index (κ3) is 3.69. The topological polar surface area (TPSA) is 73.3 Å². The Labute approximate surface area is 127 Å². The summed E-state index contributed by atoms with van der Waals surface area (Å²) in [6, 6.07) is 3.60. The van der Waals surface area contributed by atoms with E-state index in [1.165, 1.54) is 11.5 Å². The van der Waals surface area contributed by atoms with Gasteiger partial charge in [0.1, 0.15) is 10.6 Å². The molecule has 0 aliphatic rings. The lowest BCUT2D eigenvalue weighted by molar-refractivity contribution is 0.0527. The van der Waals surface area contributed by atoms with Crippen LogP contribution in [-0.4, -0.2) is 28.5 Å². The molecule has 0 aliphatic carbocycles. The number of nitrogens with zero attached hydrogens (tertiary/aromatic N) is 2. The van der Waals surface area contributed by atoms with Gasteiger partial charge in [0.2, 0.25) is 5.88 Å². The van der Waals surface area contributed by atoms with Crippen LogP contribution >= 0.6 is 11.5 Å². The van der Waals surface area contributed by atoms with Crippen molar-refractivity contribution in [2.24, 2.45) is 0 Å². The molecule has 21 heavy (non-hydrogen) atoms. The summed E-state index contributed by atoms with van der Waals surface area (Å²) in [5.41, 5.74) is 1.88. The number of hydrogen-bond donors (Lipinski definition) is 1. The van der Waals surface area contributed by atoms with E-state index >= 15 is 0 Å². The van der Waals surface area contributed by atoms with E-state index in [9.17, 15) is 4.79 Å². The predicted octanol–water partition coefficient (Wildman–Crippen LogP) is 3.17. The fraction of sp³-hybridized carbons (Fsp3) is 0.357. The number of carbonyl (C=O) groups excluding carboxylic acids is 1. The van der Waals surface area contributed by atoms with Crippen molar-refractivity contribution in [3.63, 3.8) is 0 Å². The van der Waals surface area contributed by atoms with Crippen LogP contribution in [0.25, 0.3) is 0 Å². The zero-order valence-electron chi connectivity index (χ0n) is 12.2. The molecular formula is C14H17N3O3S. The minimum atomic E-state index is -0.370. The van der Waals surface area contributed by atoms with Crippen molar-refractivity contribution in [1.29, 1.82) is 0 Å². The Morgan fingerprint density at radius 1 is 1.33 bits per heavy atom. The van der Waals surface area contributed by atoms with Crippen LogP contribution in [-0.2, 0) is 4.74 Å². The molecule has 0 unspecified atom stereocenters. The van der Waals surface area contributed by atoms with Crippen LogP contribution in [0.5, 0.6) is 5.88 Å². The highest BCUT2D eigenvalue weighted by atomic mass is 32.1. The molecule has 6 nitrogen and oxygen atoms in total. The van der Waals surface area contributed by atoms with Crippen LogP contribution in [0.4, 0.5) is 10.7 Å². The number of nitrogens with one attached hydrogen (secondary N) is 1. The lowest BCUT2D eigenvalue weighted by Gasteiger charge is -2.07. The van der Waals surface area contributed by atoms with Crippen LogP contribution in [0.3, 0.4) is 0 Å². The normalized spacial score (nSPS) is 10.2. The Morgan fingerprint density at radius 3 is 2.76 bits per heavy atom. The molecule has 0 fully saturated rings. The molecule has 1 N–H and O–H groups in total. The molecule has 2 heterocycles. The van der Waals surface area contributed by atoms with Crippen LogP contribution < -0.4 is 10.1 Å². The molecule has 7 heteroatoms. The third-order valence-corrected chi connectivity index (χ3v) is 3.48. The second kappa shape index (κ2) is 7.03. The highest BCUT2D eigenvalue weighted by Gasteiger charge is 2.19. The molecule has 0 amide bonds. The lowest BCUT2D eigenvalue weighted by atomic mass is 10.2. The van der Waals surface area contributed by atoms with Gasteiger partial charge in [-0.15, -0.1) is 0 Å². The quantitative estimate of drug-likeness (QED) is 0.826. The van der Waals surface area contributed by atoms with Crippen LogP contribution in [0.1, 0.15) is 29.9 Å².